The average Bonchev–Trinajstić information content (AvgIpc) is 3.28. The van der Waals surface area contributed by atoms with Crippen molar-refractivity contribution in [3.8, 4) is 11.5 Å². The number of anilines is 1. The van der Waals surface area contributed by atoms with Crippen molar-refractivity contribution < 1.29 is 22.7 Å². The highest BCUT2D eigenvalue weighted by atomic mass is 35.5. The molecule has 0 aliphatic rings. The fourth-order valence-corrected chi connectivity index (χ4v) is 6.58. The summed E-state index contributed by atoms with van der Waals surface area (Å²) in [5.41, 5.74) is 1.61. The monoisotopic (exact) mass is 574 g/mol. The molecule has 12 heteroatoms. The number of likely N-dealkylation sites (N-methyl/N-ethyl adjacent to an activating group) is 1. The molecule has 38 heavy (non-hydrogen) atoms. The molecule has 0 aliphatic heterocycles. The summed E-state index contributed by atoms with van der Waals surface area (Å²) in [5.74, 6) is 0.212. The van der Waals surface area contributed by atoms with E-state index in [4.69, 9.17) is 21.1 Å². The molecule has 0 aliphatic carbocycles. The maximum atomic E-state index is 14.1. The van der Waals surface area contributed by atoms with Crippen LogP contribution in [0.1, 0.15) is 18.3 Å². The van der Waals surface area contributed by atoms with Crippen LogP contribution in [0.15, 0.2) is 59.6 Å². The standard InChI is InChI=1S/C26H27ClN4O5S2/c1-5-30(15-18-8-6-7-11-28-18)26(32)16-31(22-13-20-17(2)29-37-25(20)14-21(22)27)38(33,34)19-9-10-23(35-3)24(12-19)36-4/h6-14H,5,15-16H2,1-4H3. The summed E-state index contributed by atoms with van der Waals surface area (Å²) in [7, 11) is -1.39. The van der Waals surface area contributed by atoms with Crippen LogP contribution in [-0.4, -0.2) is 55.9 Å². The minimum absolute atomic E-state index is 0.0768. The second-order valence-electron chi connectivity index (χ2n) is 8.33. The molecule has 0 bridgehead atoms. The van der Waals surface area contributed by atoms with Gasteiger partial charge in [-0.3, -0.25) is 14.1 Å². The molecular weight excluding hydrogens is 548 g/mol. The summed E-state index contributed by atoms with van der Waals surface area (Å²) in [4.78, 5) is 19.3. The van der Waals surface area contributed by atoms with Crippen LogP contribution in [-0.2, 0) is 21.4 Å². The summed E-state index contributed by atoms with van der Waals surface area (Å²) >= 11 is 7.90. The molecule has 2 aromatic carbocycles. The van der Waals surface area contributed by atoms with Crippen LogP contribution < -0.4 is 13.8 Å². The lowest BCUT2D eigenvalue weighted by Gasteiger charge is -2.28. The number of carbonyl (C=O) groups excluding carboxylic acids is 1. The first kappa shape index (κ1) is 27.6. The quantitative estimate of drug-likeness (QED) is 0.265. The van der Waals surface area contributed by atoms with Crippen LogP contribution in [0.4, 0.5) is 5.69 Å². The molecule has 9 nitrogen and oxygen atoms in total. The predicted molar refractivity (Wildman–Crippen MR) is 149 cm³/mol. The Hall–Kier alpha value is -3.41. The number of hydrogen-bond acceptors (Lipinski definition) is 8. The molecule has 0 radical (unpaired) electrons. The van der Waals surface area contributed by atoms with Crippen LogP contribution in [0.2, 0.25) is 5.02 Å². The number of nitrogens with zero attached hydrogens (tertiary/aromatic N) is 4. The largest absolute Gasteiger partial charge is 0.493 e. The smallest absolute Gasteiger partial charge is 0.264 e. The summed E-state index contributed by atoms with van der Waals surface area (Å²) in [6, 6.07) is 13.0. The minimum Gasteiger partial charge on any atom is -0.493 e. The first-order chi connectivity index (χ1) is 18.2. The molecule has 4 rings (SSSR count). The lowest BCUT2D eigenvalue weighted by molar-refractivity contribution is -0.130. The summed E-state index contributed by atoms with van der Waals surface area (Å²) < 4.78 is 45.0. The SMILES string of the molecule is CCN(Cc1ccccn1)C(=O)CN(c1cc2c(C)nsc2cc1Cl)S(=O)(=O)c1ccc(OC)c(OC)c1. The van der Waals surface area contributed by atoms with E-state index < -0.39 is 22.5 Å². The first-order valence-corrected chi connectivity index (χ1v) is 14.3. The number of hydrogen-bond donors (Lipinski definition) is 0. The van der Waals surface area contributed by atoms with Crippen LogP contribution in [0.5, 0.6) is 11.5 Å². The van der Waals surface area contributed by atoms with Crippen molar-refractivity contribution in [1.29, 1.82) is 0 Å². The number of amides is 1. The van der Waals surface area contributed by atoms with Crippen molar-refractivity contribution in [1.82, 2.24) is 14.3 Å². The lowest BCUT2D eigenvalue weighted by atomic mass is 10.2. The molecule has 1 amide bonds. The van der Waals surface area contributed by atoms with E-state index in [2.05, 4.69) is 9.36 Å². The van der Waals surface area contributed by atoms with Crippen LogP contribution in [0.25, 0.3) is 10.1 Å². The molecule has 0 saturated heterocycles. The third-order valence-electron chi connectivity index (χ3n) is 6.02. The Bertz CT molecular complexity index is 1560. The van der Waals surface area contributed by atoms with E-state index in [0.717, 1.165) is 20.1 Å². The zero-order valence-electron chi connectivity index (χ0n) is 21.3. The highest BCUT2D eigenvalue weighted by Crippen LogP contribution is 2.38. The van der Waals surface area contributed by atoms with Crippen molar-refractivity contribution in [2.75, 3.05) is 31.6 Å². The van der Waals surface area contributed by atoms with E-state index in [9.17, 15) is 13.2 Å². The van der Waals surface area contributed by atoms with Gasteiger partial charge in [-0.1, -0.05) is 17.7 Å². The Morgan fingerprint density at radius 2 is 1.84 bits per heavy atom. The van der Waals surface area contributed by atoms with Crippen molar-refractivity contribution in [2.45, 2.75) is 25.3 Å². The number of fused-ring (bicyclic) bond motifs is 1. The number of aryl methyl sites for hydroxylation is 1. The van der Waals surface area contributed by atoms with Gasteiger partial charge in [-0.15, -0.1) is 0 Å². The number of rotatable bonds is 10. The number of aromatic nitrogens is 2. The molecule has 200 valence electrons. The van der Waals surface area contributed by atoms with Crippen molar-refractivity contribution >= 4 is 54.8 Å². The van der Waals surface area contributed by atoms with E-state index in [1.807, 2.05) is 26.0 Å². The lowest BCUT2D eigenvalue weighted by Crippen LogP contribution is -2.43. The van der Waals surface area contributed by atoms with Gasteiger partial charge in [0.2, 0.25) is 5.91 Å². The number of methoxy groups -OCH3 is 2. The van der Waals surface area contributed by atoms with Gasteiger partial charge in [-0.05, 0) is 61.8 Å². The number of halogens is 1. The van der Waals surface area contributed by atoms with Crippen LogP contribution in [0.3, 0.4) is 0 Å². The first-order valence-electron chi connectivity index (χ1n) is 11.7. The average molecular weight is 575 g/mol. The highest BCUT2D eigenvalue weighted by Gasteiger charge is 2.32. The van der Waals surface area contributed by atoms with Gasteiger partial charge in [-0.25, -0.2) is 8.42 Å². The van der Waals surface area contributed by atoms with Gasteiger partial charge in [0.05, 0.1) is 52.5 Å². The van der Waals surface area contributed by atoms with Gasteiger partial charge in [0.25, 0.3) is 10.0 Å². The number of pyridine rings is 1. The maximum Gasteiger partial charge on any atom is 0.264 e. The third kappa shape index (κ3) is 5.54. The van der Waals surface area contributed by atoms with E-state index in [-0.39, 0.29) is 27.9 Å². The maximum absolute atomic E-state index is 14.1. The molecule has 2 heterocycles. The van der Waals surface area contributed by atoms with Gasteiger partial charge in [-0.2, -0.15) is 4.37 Å². The van der Waals surface area contributed by atoms with E-state index in [1.54, 1.807) is 29.3 Å². The van der Waals surface area contributed by atoms with Gasteiger partial charge >= 0.3 is 0 Å². The fourth-order valence-electron chi connectivity index (χ4n) is 3.95. The van der Waals surface area contributed by atoms with Gasteiger partial charge in [0.1, 0.15) is 6.54 Å². The Kier molecular flexibility index (Phi) is 8.39. The zero-order valence-corrected chi connectivity index (χ0v) is 23.7. The van der Waals surface area contributed by atoms with Crippen LogP contribution >= 0.6 is 23.1 Å². The molecule has 0 atom stereocenters. The Balaban J connectivity index is 1.80. The molecule has 0 fully saturated rings. The fraction of sp³-hybridized carbons (Fsp3) is 0.269. The van der Waals surface area contributed by atoms with Gasteiger partial charge < -0.3 is 14.4 Å². The van der Waals surface area contributed by atoms with Gasteiger partial charge in [0, 0.05) is 24.2 Å². The molecular formula is C26H27ClN4O5S2. The highest BCUT2D eigenvalue weighted by molar-refractivity contribution is 7.92. The second kappa shape index (κ2) is 11.5. The van der Waals surface area contributed by atoms with E-state index >= 15 is 0 Å². The van der Waals surface area contributed by atoms with E-state index in [0.29, 0.717) is 18.0 Å². The Morgan fingerprint density at radius 3 is 2.50 bits per heavy atom. The third-order valence-corrected chi connectivity index (χ3v) is 8.98. The molecule has 0 spiro atoms. The normalized spacial score (nSPS) is 11.4. The summed E-state index contributed by atoms with van der Waals surface area (Å²) in [5, 5.41) is 0.945. The van der Waals surface area contributed by atoms with Gasteiger partial charge in [0.15, 0.2) is 11.5 Å². The predicted octanol–water partition coefficient (Wildman–Crippen LogP) is 4.91. The topological polar surface area (TPSA) is 102 Å². The van der Waals surface area contributed by atoms with Crippen molar-refractivity contribution in [3.05, 3.63) is 71.1 Å². The summed E-state index contributed by atoms with van der Waals surface area (Å²) in [6.07, 6.45) is 1.65. The zero-order chi connectivity index (χ0) is 27.4. The number of sulfonamides is 1. The Labute approximate surface area is 230 Å². The molecule has 0 N–H and O–H groups in total. The second-order valence-corrected chi connectivity index (χ2v) is 11.4. The van der Waals surface area contributed by atoms with Crippen molar-refractivity contribution in [2.24, 2.45) is 0 Å². The molecule has 0 saturated carbocycles. The van der Waals surface area contributed by atoms with Crippen LogP contribution in [0, 0.1) is 6.92 Å². The minimum atomic E-state index is -4.28. The number of benzene rings is 2. The number of carbonyl (C=O) groups is 1. The molecule has 0 unspecified atom stereocenters. The number of ether oxygens (including phenoxy) is 2. The van der Waals surface area contributed by atoms with E-state index in [1.165, 1.54) is 44.0 Å². The molecule has 4 aromatic rings. The Morgan fingerprint density at radius 1 is 1.08 bits per heavy atom. The van der Waals surface area contributed by atoms with Crippen molar-refractivity contribution in [3.63, 3.8) is 0 Å². The molecule has 2 aromatic heterocycles. The summed E-state index contributed by atoms with van der Waals surface area (Å²) in [6.45, 7) is 3.79.